The topological polar surface area (TPSA) is 84.5 Å². The van der Waals surface area contributed by atoms with E-state index in [9.17, 15) is 13.2 Å². The highest BCUT2D eigenvalue weighted by molar-refractivity contribution is 7.90. The van der Waals surface area contributed by atoms with Crippen LogP contribution in [0, 0.1) is 11.3 Å². The number of benzene rings is 1. The molecule has 23 heavy (non-hydrogen) atoms. The molecular formula is C16H22N2O4S. The van der Waals surface area contributed by atoms with Crippen molar-refractivity contribution in [1.29, 1.82) is 0 Å². The summed E-state index contributed by atoms with van der Waals surface area (Å²) in [7, 11) is -3.88. The van der Waals surface area contributed by atoms with E-state index >= 15 is 0 Å². The number of rotatable bonds is 4. The Morgan fingerprint density at radius 2 is 2.22 bits per heavy atom. The number of carbonyl (C=O) groups excluding carboxylic acids is 1. The summed E-state index contributed by atoms with van der Waals surface area (Å²) in [6.07, 6.45) is 0. The molecule has 2 atom stereocenters. The van der Waals surface area contributed by atoms with Crippen LogP contribution in [-0.2, 0) is 19.6 Å². The molecule has 1 aromatic carbocycles. The van der Waals surface area contributed by atoms with Crippen molar-refractivity contribution in [3.63, 3.8) is 0 Å². The third-order valence-corrected chi connectivity index (χ3v) is 6.13. The van der Waals surface area contributed by atoms with Crippen LogP contribution in [0.2, 0.25) is 0 Å². The molecule has 2 fully saturated rings. The zero-order valence-electron chi connectivity index (χ0n) is 13.3. The van der Waals surface area contributed by atoms with Gasteiger partial charge in [-0.3, -0.25) is 4.79 Å². The van der Waals surface area contributed by atoms with E-state index in [2.05, 4.69) is 10.0 Å². The summed E-state index contributed by atoms with van der Waals surface area (Å²) in [5, 5.41) is 3.16. The van der Waals surface area contributed by atoms with Gasteiger partial charge in [0, 0.05) is 19.0 Å². The molecule has 2 N–H and O–H groups in total. The predicted molar refractivity (Wildman–Crippen MR) is 85.5 cm³/mol. The van der Waals surface area contributed by atoms with Gasteiger partial charge in [0.05, 0.1) is 23.5 Å². The number of nitrogens with one attached hydrogen (secondary N) is 2. The van der Waals surface area contributed by atoms with Crippen molar-refractivity contribution < 1.29 is 17.9 Å². The normalized spacial score (nSPS) is 27.2. The first-order chi connectivity index (χ1) is 10.8. The fourth-order valence-corrected chi connectivity index (χ4v) is 4.35. The van der Waals surface area contributed by atoms with Crippen LogP contribution < -0.4 is 10.0 Å². The van der Waals surface area contributed by atoms with Crippen molar-refractivity contribution in [2.75, 3.05) is 26.3 Å². The van der Waals surface area contributed by atoms with Crippen molar-refractivity contribution in [2.45, 2.75) is 24.7 Å². The summed E-state index contributed by atoms with van der Waals surface area (Å²) in [6, 6.07) is 6.71. The van der Waals surface area contributed by atoms with Crippen LogP contribution in [0.1, 0.15) is 25.3 Å². The summed E-state index contributed by atoms with van der Waals surface area (Å²) in [5.74, 6) is -0.231. The Hall–Kier alpha value is -1.44. The lowest BCUT2D eigenvalue weighted by molar-refractivity contribution is -0.129. The number of ether oxygens (including phenoxy) is 1. The fraction of sp³-hybridized carbons (Fsp3) is 0.562. The minimum absolute atomic E-state index is 0.0275. The zero-order valence-corrected chi connectivity index (χ0v) is 14.2. The highest BCUT2D eigenvalue weighted by Crippen LogP contribution is 2.38. The van der Waals surface area contributed by atoms with Gasteiger partial charge >= 0.3 is 0 Å². The Labute approximate surface area is 136 Å². The van der Waals surface area contributed by atoms with Crippen LogP contribution in [0.3, 0.4) is 0 Å². The molecule has 0 aliphatic carbocycles. The van der Waals surface area contributed by atoms with E-state index in [1.165, 1.54) is 6.07 Å². The van der Waals surface area contributed by atoms with E-state index in [-0.39, 0.29) is 23.3 Å². The molecule has 0 radical (unpaired) electrons. The van der Waals surface area contributed by atoms with Gasteiger partial charge in [0.2, 0.25) is 5.91 Å². The molecule has 0 spiro atoms. The second-order valence-electron chi connectivity index (χ2n) is 6.66. The Balaban J connectivity index is 1.84. The molecule has 0 bridgehead atoms. The van der Waals surface area contributed by atoms with Crippen molar-refractivity contribution in [3.8, 4) is 0 Å². The molecule has 126 valence electrons. The van der Waals surface area contributed by atoms with E-state index in [0.29, 0.717) is 19.7 Å². The van der Waals surface area contributed by atoms with Gasteiger partial charge in [-0.15, -0.1) is 0 Å². The maximum atomic E-state index is 12.6. The van der Waals surface area contributed by atoms with Crippen molar-refractivity contribution >= 4 is 15.9 Å². The zero-order chi connectivity index (χ0) is 16.7. The molecule has 1 amide bonds. The van der Waals surface area contributed by atoms with Gasteiger partial charge in [0.15, 0.2) is 0 Å². The van der Waals surface area contributed by atoms with Crippen molar-refractivity contribution in [3.05, 3.63) is 29.8 Å². The minimum Gasteiger partial charge on any atom is -0.380 e. The minimum atomic E-state index is -3.88. The SMILES string of the molecule is CC(C)c1cccc(S(=O)(=O)NC(=O)[C@]23CNC[C@H]2COC3)c1. The molecule has 2 heterocycles. The summed E-state index contributed by atoms with van der Waals surface area (Å²) < 4.78 is 32.8. The molecule has 1 aromatic rings. The molecule has 2 aliphatic heterocycles. The molecular weight excluding hydrogens is 316 g/mol. The van der Waals surface area contributed by atoms with E-state index in [1.54, 1.807) is 12.1 Å². The molecule has 6 nitrogen and oxygen atoms in total. The molecule has 0 saturated carbocycles. The monoisotopic (exact) mass is 338 g/mol. The number of fused-ring (bicyclic) bond motifs is 1. The summed E-state index contributed by atoms with van der Waals surface area (Å²) in [6.45, 7) is 5.87. The molecule has 7 heteroatoms. The van der Waals surface area contributed by atoms with Crippen LogP contribution in [-0.4, -0.2) is 40.6 Å². The summed E-state index contributed by atoms with van der Waals surface area (Å²) in [4.78, 5) is 12.8. The first kappa shape index (κ1) is 16.4. The largest absolute Gasteiger partial charge is 0.380 e. The summed E-state index contributed by atoms with van der Waals surface area (Å²) >= 11 is 0. The lowest BCUT2D eigenvalue weighted by Crippen LogP contribution is -2.48. The highest BCUT2D eigenvalue weighted by Gasteiger charge is 2.53. The Morgan fingerprint density at radius 3 is 2.96 bits per heavy atom. The number of hydrogen-bond acceptors (Lipinski definition) is 5. The number of carbonyl (C=O) groups is 1. The van der Waals surface area contributed by atoms with Crippen LogP contribution in [0.5, 0.6) is 0 Å². The van der Waals surface area contributed by atoms with Crippen LogP contribution >= 0.6 is 0 Å². The Bertz CT molecular complexity index is 705. The first-order valence-corrected chi connectivity index (χ1v) is 9.29. The highest BCUT2D eigenvalue weighted by atomic mass is 32.2. The number of sulfonamides is 1. The smallest absolute Gasteiger partial charge is 0.264 e. The van der Waals surface area contributed by atoms with E-state index in [0.717, 1.165) is 5.56 Å². The van der Waals surface area contributed by atoms with Gasteiger partial charge in [0.1, 0.15) is 0 Å². The standard InChI is InChI=1S/C16H22N2O4S/c1-11(2)12-4-3-5-14(6-12)23(20,21)18-15(19)16-9-17-7-13(16)8-22-10-16/h3-6,11,13,17H,7-10H2,1-2H3,(H,18,19)/t13-,16-/m0/s1. The third-order valence-electron chi connectivity index (χ3n) is 4.81. The van der Waals surface area contributed by atoms with E-state index < -0.39 is 21.3 Å². The first-order valence-electron chi connectivity index (χ1n) is 7.81. The van der Waals surface area contributed by atoms with Crippen LogP contribution in [0.15, 0.2) is 29.2 Å². The average molecular weight is 338 g/mol. The van der Waals surface area contributed by atoms with Crippen LogP contribution in [0.4, 0.5) is 0 Å². The maximum Gasteiger partial charge on any atom is 0.264 e. The van der Waals surface area contributed by atoms with E-state index in [4.69, 9.17) is 4.74 Å². The second kappa shape index (κ2) is 5.89. The predicted octanol–water partition coefficient (Wildman–Crippen LogP) is 0.851. The maximum absolute atomic E-state index is 12.6. The molecule has 0 aromatic heterocycles. The quantitative estimate of drug-likeness (QED) is 0.850. The average Bonchev–Trinajstić information content (AvgIpc) is 3.07. The lowest BCUT2D eigenvalue weighted by Gasteiger charge is -2.24. The summed E-state index contributed by atoms with van der Waals surface area (Å²) in [5.41, 5.74) is 0.144. The van der Waals surface area contributed by atoms with Gasteiger partial charge in [-0.2, -0.15) is 0 Å². The van der Waals surface area contributed by atoms with Crippen molar-refractivity contribution in [2.24, 2.45) is 11.3 Å². The fourth-order valence-electron chi connectivity index (χ4n) is 3.23. The van der Waals surface area contributed by atoms with Crippen molar-refractivity contribution in [1.82, 2.24) is 10.0 Å². The van der Waals surface area contributed by atoms with Crippen LogP contribution in [0.25, 0.3) is 0 Å². The molecule has 2 saturated heterocycles. The van der Waals surface area contributed by atoms with Gasteiger partial charge in [-0.05, 0) is 23.6 Å². The molecule has 3 rings (SSSR count). The second-order valence-corrected chi connectivity index (χ2v) is 8.34. The number of amides is 1. The van der Waals surface area contributed by atoms with Gasteiger partial charge in [-0.25, -0.2) is 13.1 Å². The Kier molecular flexibility index (Phi) is 4.20. The lowest BCUT2D eigenvalue weighted by atomic mass is 9.80. The third kappa shape index (κ3) is 2.88. The van der Waals surface area contributed by atoms with Gasteiger partial charge in [0.25, 0.3) is 10.0 Å². The van der Waals surface area contributed by atoms with Gasteiger partial charge < -0.3 is 10.1 Å². The van der Waals surface area contributed by atoms with E-state index in [1.807, 2.05) is 19.9 Å². The number of hydrogen-bond donors (Lipinski definition) is 2. The molecule has 2 aliphatic rings. The Morgan fingerprint density at radius 1 is 1.43 bits per heavy atom. The van der Waals surface area contributed by atoms with Gasteiger partial charge in [-0.1, -0.05) is 26.0 Å². The molecule has 0 unspecified atom stereocenters.